The molecule has 0 aromatic carbocycles. The Morgan fingerprint density at radius 2 is 1.80 bits per heavy atom. The molecular formula is C11H22F3N. The lowest BCUT2D eigenvalue weighted by atomic mass is 10.0. The molecule has 1 aliphatic rings. The van der Waals surface area contributed by atoms with Crippen molar-refractivity contribution < 1.29 is 13.2 Å². The maximum atomic E-state index is 11.9. The zero-order chi connectivity index (χ0) is 11.9. The number of rotatable bonds is 1. The van der Waals surface area contributed by atoms with Crippen LogP contribution < -0.4 is 0 Å². The number of hydrogen-bond donors (Lipinski definition) is 0. The smallest absolute Gasteiger partial charge is 0.295 e. The summed E-state index contributed by atoms with van der Waals surface area (Å²) in [6.45, 7) is 6.71. The van der Waals surface area contributed by atoms with Gasteiger partial charge >= 0.3 is 6.18 Å². The van der Waals surface area contributed by atoms with Crippen molar-refractivity contribution in [2.75, 3.05) is 19.6 Å². The summed E-state index contributed by atoms with van der Waals surface area (Å²) in [5.41, 5.74) is 0. The fourth-order valence-corrected chi connectivity index (χ4v) is 1.68. The van der Waals surface area contributed by atoms with E-state index in [9.17, 15) is 13.2 Å². The van der Waals surface area contributed by atoms with E-state index in [1.807, 2.05) is 6.92 Å². The van der Waals surface area contributed by atoms with Crippen LogP contribution in [0.3, 0.4) is 0 Å². The second kappa shape index (κ2) is 7.09. The van der Waals surface area contributed by atoms with Gasteiger partial charge in [-0.1, -0.05) is 27.2 Å². The van der Waals surface area contributed by atoms with Gasteiger partial charge in [-0.15, -0.1) is 0 Å². The Balaban J connectivity index is 0.000000583. The van der Waals surface area contributed by atoms with Gasteiger partial charge in [0.05, 0.1) is 6.54 Å². The van der Waals surface area contributed by atoms with Gasteiger partial charge in [0.2, 0.25) is 0 Å². The Bertz CT molecular complexity index is 156. The van der Waals surface area contributed by atoms with Crippen LogP contribution in [0.15, 0.2) is 0 Å². The van der Waals surface area contributed by atoms with Crippen LogP contribution >= 0.6 is 0 Å². The molecule has 1 saturated heterocycles. The Hall–Kier alpha value is -0.250. The SMILES string of the molecule is CCC.C[C@H]1CCCN(CC(F)(F)F)C1. The molecule has 0 amide bonds. The summed E-state index contributed by atoms with van der Waals surface area (Å²) in [5.74, 6) is 0.418. The minimum Gasteiger partial charge on any atom is -0.295 e. The molecule has 0 unspecified atom stereocenters. The maximum Gasteiger partial charge on any atom is 0.401 e. The van der Waals surface area contributed by atoms with Crippen LogP contribution in [0.1, 0.15) is 40.0 Å². The molecule has 1 aliphatic heterocycles. The van der Waals surface area contributed by atoms with E-state index in [1.54, 1.807) is 0 Å². The molecule has 0 radical (unpaired) electrons. The molecule has 0 aromatic heterocycles. The summed E-state index contributed by atoms with van der Waals surface area (Å²) in [6, 6.07) is 0. The second-order valence-electron chi connectivity index (χ2n) is 4.30. The molecular weight excluding hydrogens is 203 g/mol. The minimum atomic E-state index is -4.03. The van der Waals surface area contributed by atoms with Crippen LogP contribution in [0.5, 0.6) is 0 Å². The highest BCUT2D eigenvalue weighted by atomic mass is 19.4. The first-order chi connectivity index (χ1) is 6.89. The number of hydrogen-bond acceptors (Lipinski definition) is 1. The minimum absolute atomic E-state index is 0.418. The normalized spacial score (nSPS) is 23.2. The molecule has 92 valence electrons. The van der Waals surface area contributed by atoms with Gasteiger partial charge in [0, 0.05) is 6.54 Å². The van der Waals surface area contributed by atoms with E-state index in [2.05, 4.69) is 13.8 Å². The van der Waals surface area contributed by atoms with Crippen molar-refractivity contribution in [1.82, 2.24) is 4.90 Å². The standard InChI is InChI=1S/C8H14F3N.C3H8/c1-7-3-2-4-12(5-7)6-8(9,10)11;1-3-2/h7H,2-6H2,1H3;3H2,1-2H3/t7-;/m0./s1. The molecule has 15 heavy (non-hydrogen) atoms. The highest BCUT2D eigenvalue weighted by Crippen LogP contribution is 2.21. The highest BCUT2D eigenvalue weighted by Gasteiger charge is 2.32. The van der Waals surface area contributed by atoms with Gasteiger partial charge in [-0.2, -0.15) is 13.2 Å². The van der Waals surface area contributed by atoms with Crippen LogP contribution in [-0.4, -0.2) is 30.7 Å². The van der Waals surface area contributed by atoms with Crippen molar-refractivity contribution in [2.24, 2.45) is 5.92 Å². The van der Waals surface area contributed by atoms with Gasteiger partial charge < -0.3 is 0 Å². The van der Waals surface area contributed by atoms with Crippen molar-refractivity contribution in [3.05, 3.63) is 0 Å². The molecule has 1 fully saturated rings. The molecule has 1 heterocycles. The van der Waals surface area contributed by atoms with Crippen molar-refractivity contribution >= 4 is 0 Å². The first-order valence-corrected chi connectivity index (χ1v) is 5.68. The van der Waals surface area contributed by atoms with Crippen LogP contribution in [-0.2, 0) is 0 Å². The van der Waals surface area contributed by atoms with Crippen LogP contribution in [0.4, 0.5) is 13.2 Å². The average Bonchev–Trinajstić information content (AvgIpc) is 2.01. The third-order valence-corrected chi connectivity index (χ3v) is 2.14. The summed E-state index contributed by atoms with van der Waals surface area (Å²) in [5, 5.41) is 0. The second-order valence-corrected chi connectivity index (χ2v) is 4.30. The third-order valence-electron chi connectivity index (χ3n) is 2.14. The van der Waals surface area contributed by atoms with Gasteiger partial charge in [-0.25, -0.2) is 0 Å². The number of alkyl halides is 3. The van der Waals surface area contributed by atoms with E-state index in [0.29, 0.717) is 19.0 Å². The third kappa shape index (κ3) is 8.73. The molecule has 0 spiro atoms. The van der Waals surface area contributed by atoms with Gasteiger partial charge in [0.1, 0.15) is 0 Å². The average molecular weight is 225 g/mol. The molecule has 0 aliphatic carbocycles. The first-order valence-electron chi connectivity index (χ1n) is 5.68. The van der Waals surface area contributed by atoms with Gasteiger partial charge in [0.25, 0.3) is 0 Å². The lowest BCUT2D eigenvalue weighted by Gasteiger charge is -2.31. The van der Waals surface area contributed by atoms with Crippen LogP contribution in [0, 0.1) is 5.92 Å². The van der Waals surface area contributed by atoms with Gasteiger partial charge in [0.15, 0.2) is 0 Å². The lowest BCUT2D eigenvalue weighted by molar-refractivity contribution is -0.149. The number of halogens is 3. The first kappa shape index (κ1) is 14.8. The topological polar surface area (TPSA) is 3.24 Å². The van der Waals surface area contributed by atoms with Crippen molar-refractivity contribution in [3.8, 4) is 0 Å². The van der Waals surface area contributed by atoms with Crippen LogP contribution in [0.25, 0.3) is 0 Å². The Kier molecular flexibility index (Phi) is 6.98. The van der Waals surface area contributed by atoms with Gasteiger partial charge in [-0.3, -0.25) is 4.90 Å². The summed E-state index contributed by atoms with van der Waals surface area (Å²) < 4.78 is 35.8. The molecule has 1 atom stereocenters. The zero-order valence-corrected chi connectivity index (χ0v) is 9.90. The fourth-order valence-electron chi connectivity index (χ4n) is 1.68. The molecule has 1 nitrogen and oxygen atoms in total. The van der Waals surface area contributed by atoms with E-state index >= 15 is 0 Å². The summed E-state index contributed by atoms with van der Waals surface area (Å²) in [7, 11) is 0. The molecule has 0 N–H and O–H groups in total. The predicted molar refractivity (Wildman–Crippen MR) is 56.9 cm³/mol. The summed E-state index contributed by atoms with van der Waals surface area (Å²) in [6.07, 6.45) is -0.817. The molecule has 4 heteroatoms. The van der Waals surface area contributed by atoms with Gasteiger partial charge in [-0.05, 0) is 25.3 Å². The molecule has 0 saturated carbocycles. The van der Waals surface area contributed by atoms with Crippen LogP contribution in [0.2, 0.25) is 0 Å². The van der Waals surface area contributed by atoms with E-state index in [4.69, 9.17) is 0 Å². The Labute approximate surface area is 90.6 Å². The van der Waals surface area contributed by atoms with E-state index < -0.39 is 12.7 Å². The molecule has 0 aromatic rings. The molecule has 0 bridgehead atoms. The van der Waals surface area contributed by atoms with E-state index in [1.165, 1.54) is 11.3 Å². The summed E-state index contributed by atoms with van der Waals surface area (Å²) in [4.78, 5) is 1.49. The predicted octanol–water partition coefficient (Wildman–Crippen LogP) is 3.70. The maximum absolute atomic E-state index is 11.9. The number of piperidine rings is 1. The monoisotopic (exact) mass is 225 g/mol. The zero-order valence-electron chi connectivity index (χ0n) is 9.90. The lowest BCUT2D eigenvalue weighted by Crippen LogP contribution is -2.40. The van der Waals surface area contributed by atoms with E-state index in [-0.39, 0.29) is 0 Å². The highest BCUT2D eigenvalue weighted by molar-refractivity contribution is 4.71. The summed E-state index contributed by atoms with van der Waals surface area (Å²) >= 11 is 0. The number of likely N-dealkylation sites (tertiary alicyclic amines) is 1. The fraction of sp³-hybridized carbons (Fsp3) is 1.00. The van der Waals surface area contributed by atoms with Crippen molar-refractivity contribution in [1.29, 1.82) is 0 Å². The van der Waals surface area contributed by atoms with Crippen molar-refractivity contribution in [3.63, 3.8) is 0 Å². The molecule has 1 rings (SSSR count). The van der Waals surface area contributed by atoms with E-state index in [0.717, 1.165) is 12.8 Å². The number of nitrogens with zero attached hydrogens (tertiary/aromatic N) is 1. The Morgan fingerprint density at radius 1 is 1.27 bits per heavy atom. The Morgan fingerprint density at radius 3 is 2.20 bits per heavy atom. The largest absolute Gasteiger partial charge is 0.401 e. The quantitative estimate of drug-likeness (QED) is 0.657. The van der Waals surface area contributed by atoms with Crippen molar-refractivity contribution in [2.45, 2.75) is 46.2 Å².